The van der Waals surface area contributed by atoms with Crippen LogP contribution < -0.4 is 21.1 Å². The number of anilines is 1. The van der Waals surface area contributed by atoms with E-state index in [0.717, 1.165) is 48.8 Å². The monoisotopic (exact) mass is 598 g/mol. The van der Waals surface area contributed by atoms with Crippen molar-refractivity contribution in [2.45, 2.75) is 39.3 Å². The Balaban J connectivity index is 1.52. The minimum Gasteiger partial charge on any atom is -0.457 e. The highest BCUT2D eigenvalue weighted by Gasteiger charge is 2.28. The molecule has 4 N–H and O–H groups in total. The van der Waals surface area contributed by atoms with E-state index < -0.39 is 0 Å². The Hall–Kier alpha value is -4.41. The third kappa shape index (κ3) is 8.81. The normalized spacial score (nSPS) is 18.1. The molecule has 4 rings (SSSR count). The van der Waals surface area contributed by atoms with Crippen molar-refractivity contribution >= 4 is 23.5 Å². The molecule has 10 nitrogen and oxygen atoms in total. The molecule has 0 aromatic heterocycles. The van der Waals surface area contributed by atoms with Gasteiger partial charge >= 0.3 is 0 Å². The van der Waals surface area contributed by atoms with Crippen molar-refractivity contribution in [3.63, 3.8) is 0 Å². The zero-order valence-electron chi connectivity index (χ0n) is 26.6. The van der Waals surface area contributed by atoms with Gasteiger partial charge in [-0.25, -0.2) is 4.99 Å². The number of amides is 1. The zero-order valence-corrected chi connectivity index (χ0v) is 26.6. The number of ether oxygens (including phenoxy) is 1. The number of rotatable bonds is 10. The van der Waals surface area contributed by atoms with Gasteiger partial charge in [-0.05, 0) is 68.8 Å². The molecular weight excluding hydrogens is 552 g/mol. The van der Waals surface area contributed by atoms with Crippen LogP contribution in [0.3, 0.4) is 0 Å². The number of aliphatic imine (C=N–C) groups is 2. The van der Waals surface area contributed by atoms with E-state index in [4.69, 9.17) is 20.5 Å². The molecular formula is C34H46N8O2. The fourth-order valence-corrected chi connectivity index (χ4v) is 4.94. The number of hydrogen-bond acceptors (Lipinski definition) is 7. The Morgan fingerprint density at radius 2 is 1.91 bits per heavy atom. The van der Waals surface area contributed by atoms with E-state index >= 15 is 0 Å². The highest BCUT2D eigenvalue weighted by atomic mass is 16.5. The summed E-state index contributed by atoms with van der Waals surface area (Å²) in [5.74, 6) is 3.78. The molecule has 2 aromatic carbocycles. The van der Waals surface area contributed by atoms with Gasteiger partial charge in [0.05, 0.1) is 6.54 Å². The topological polar surface area (TPSA) is 111 Å². The number of nitrogens with one attached hydrogen (secondary N) is 2. The maximum atomic E-state index is 12.2. The average Bonchev–Trinajstić information content (AvgIpc) is 2.99. The molecule has 10 heteroatoms. The number of likely N-dealkylation sites (tertiary alicyclic amines) is 1. The maximum absolute atomic E-state index is 12.2. The number of benzene rings is 2. The fourth-order valence-electron chi connectivity index (χ4n) is 4.94. The number of guanidine groups is 2. The lowest BCUT2D eigenvalue weighted by molar-refractivity contribution is -0.111. The van der Waals surface area contributed by atoms with Gasteiger partial charge in [0.25, 0.3) is 0 Å². The van der Waals surface area contributed by atoms with Crippen LogP contribution in [0, 0.1) is 5.92 Å². The summed E-state index contributed by atoms with van der Waals surface area (Å²) in [5.41, 5.74) is 8.88. The smallest absolute Gasteiger partial charge is 0.248 e. The number of allylic oxidation sites excluding steroid dienone is 2. The summed E-state index contributed by atoms with van der Waals surface area (Å²) < 4.78 is 6.26. The average molecular weight is 599 g/mol. The number of hydrogen-bond donors (Lipinski definition) is 3. The van der Waals surface area contributed by atoms with Gasteiger partial charge < -0.3 is 30.9 Å². The Morgan fingerprint density at radius 3 is 2.57 bits per heavy atom. The molecule has 1 saturated heterocycles. The first kappa shape index (κ1) is 32.5. The highest BCUT2D eigenvalue weighted by molar-refractivity contribution is 6.00. The summed E-state index contributed by atoms with van der Waals surface area (Å²) in [6.45, 7) is 11.1. The number of carbonyl (C=O) groups excluding carboxylic acids is 1. The van der Waals surface area contributed by atoms with Gasteiger partial charge in [0, 0.05) is 50.1 Å². The quantitative estimate of drug-likeness (QED) is 0.338. The maximum Gasteiger partial charge on any atom is 0.248 e. The first-order chi connectivity index (χ1) is 21.1. The third-order valence-corrected chi connectivity index (χ3v) is 7.48. The van der Waals surface area contributed by atoms with E-state index in [2.05, 4.69) is 36.0 Å². The van der Waals surface area contributed by atoms with Crippen molar-refractivity contribution in [1.82, 2.24) is 20.0 Å². The molecule has 234 valence electrons. The standard InChI is InChI=1S/C34H46N8O2/c1-7-29(24(2)3)32-38-34(42-21-18-26(35)19-22-42)39-33(41(32)6)36-23-25-11-8-9-12-30(25)44-28-16-14-27(15-17-28)37-31(43)13-10-20-40(4)5/h7-17,24,26H,1,18-23,35H2,2-6H3,(H,37,43)(H,36,38,39)/b13-10+,32-29+. The van der Waals surface area contributed by atoms with Crippen LogP contribution in [0.1, 0.15) is 32.3 Å². The molecule has 0 bridgehead atoms. The molecule has 0 radical (unpaired) electrons. The van der Waals surface area contributed by atoms with E-state index in [0.29, 0.717) is 36.2 Å². The predicted octanol–water partition coefficient (Wildman–Crippen LogP) is 4.76. The van der Waals surface area contributed by atoms with Crippen molar-refractivity contribution in [2.24, 2.45) is 21.6 Å². The van der Waals surface area contributed by atoms with Crippen LogP contribution in [-0.4, -0.2) is 79.3 Å². The van der Waals surface area contributed by atoms with Crippen LogP contribution in [0.15, 0.2) is 94.7 Å². The van der Waals surface area contributed by atoms with Crippen LogP contribution in [0.4, 0.5) is 5.69 Å². The minimum atomic E-state index is -0.172. The van der Waals surface area contributed by atoms with Gasteiger partial charge in [-0.1, -0.05) is 50.8 Å². The van der Waals surface area contributed by atoms with Gasteiger partial charge in [-0.3, -0.25) is 9.69 Å². The van der Waals surface area contributed by atoms with Crippen LogP contribution >= 0.6 is 0 Å². The Bertz CT molecular complexity index is 1420. The molecule has 2 aliphatic heterocycles. The van der Waals surface area contributed by atoms with E-state index in [9.17, 15) is 4.79 Å². The zero-order chi connectivity index (χ0) is 31.6. The van der Waals surface area contributed by atoms with Crippen molar-refractivity contribution in [3.05, 3.63) is 90.3 Å². The van der Waals surface area contributed by atoms with Gasteiger partial charge in [0.2, 0.25) is 17.8 Å². The van der Waals surface area contributed by atoms with E-state index in [1.807, 2.05) is 91.6 Å². The second-order valence-corrected chi connectivity index (χ2v) is 11.6. The Labute approximate surface area is 261 Å². The lowest BCUT2D eigenvalue weighted by atomic mass is 10.0. The summed E-state index contributed by atoms with van der Waals surface area (Å²) in [7, 11) is 5.88. The van der Waals surface area contributed by atoms with Crippen molar-refractivity contribution in [2.75, 3.05) is 46.1 Å². The Morgan fingerprint density at radius 1 is 1.20 bits per heavy atom. The molecule has 1 fully saturated rings. The largest absolute Gasteiger partial charge is 0.457 e. The van der Waals surface area contributed by atoms with Crippen LogP contribution in [-0.2, 0) is 11.3 Å². The SMILES string of the molecule is C=C/C(=C1/NC(N2CCC(N)CC2)=NC(=NCc2ccccc2Oc2ccc(NC(=O)/C=C/CN(C)C)cc2)N1C)C(C)C. The summed E-state index contributed by atoms with van der Waals surface area (Å²) in [5, 5.41) is 6.43. The molecule has 0 aliphatic carbocycles. The van der Waals surface area contributed by atoms with E-state index in [1.54, 1.807) is 0 Å². The predicted molar refractivity (Wildman–Crippen MR) is 180 cm³/mol. The first-order valence-corrected chi connectivity index (χ1v) is 15.1. The number of para-hydroxylation sites is 1. The third-order valence-electron chi connectivity index (χ3n) is 7.48. The van der Waals surface area contributed by atoms with Gasteiger partial charge in [-0.15, -0.1) is 0 Å². The molecule has 44 heavy (non-hydrogen) atoms. The lowest BCUT2D eigenvalue weighted by Crippen LogP contribution is -2.53. The first-order valence-electron chi connectivity index (χ1n) is 15.1. The van der Waals surface area contributed by atoms with Gasteiger partial charge in [0.1, 0.15) is 17.3 Å². The number of likely N-dealkylation sites (N-methyl/N-ethyl adjacent to an activating group) is 1. The second-order valence-electron chi connectivity index (χ2n) is 11.6. The molecule has 2 aliphatic rings. The van der Waals surface area contributed by atoms with Crippen LogP contribution in [0.2, 0.25) is 0 Å². The minimum absolute atomic E-state index is 0.172. The lowest BCUT2D eigenvalue weighted by Gasteiger charge is -2.38. The summed E-state index contributed by atoms with van der Waals surface area (Å²) in [6, 6.07) is 15.4. The van der Waals surface area contributed by atoms with Gasteiger partial charge in [-0.2, -0.15) is 4.99 Å². The molecule has 0 atom stereocenters. The van der Waals surface area contributed by atoms with Gasteiger partial charge in [0.15, 0.2) is 0 Å². The number of piperidine rings is 1. The number of nitrogens with two attached hydrogens (primary N) is 1. The molecule has 2 aromatic rings. The van der Waals surface area contributed by atoms with Crippen molar-refractivity contribution < 1.29 is 9.53 Å². The van der Waals surface area contributed by atoms with Crippen LogP contribution in [0.5, 0.6) is 11.5 Å². The summed E-state index contributed by atoms with van der Waals surface area (Å²) in [4.78, 5) is 28.3. The van der Waals surface area contributed by atoms with E-state index in [-0.39, 0.29) is 17.9 Å². The highest BCUT2D eigenvalue weighted by Crippen LogP contribution is 2.28. The van der Waals surface area contributed by atoms with Crippen LogP contribution in [0.25, 0.3) is 0 Å². The summed E-state index contributed by atoms with van der Waals surface area (Å²) in [6.07, 6.45) is 7.11. The fraction of sp³-hybridized carbons (Fsp3) is 0.382. The Kier molecular flexibility index (Phi) is 11.3. The molecule has 0 spiro atoms. The van der Waals surface area contributed by atoms with E-state index in [1.165, 1.54) is 6.08 Å². The summed E-state index contributed by atoms with van der Waals surface area (Å²) >= 11 is 0. The number of nitrogens with zero attached hydrogens (tertiary/aromatic N) is 5. The second kappa shape index (κ2) is 15.4. The number of carbonyl (C=O) groups is 1. The molecule has 0 saturated carbocycles. The van der Waals surface area contributed by atoms with Crippen molar-refractivity contribution in [1.29, 1.82) is 0 Å². The molecule has 2 heterocycles. The van der Waals surface area contributed by atoms with Crippen molar-refractivity contribution in [3.8, 4) is 11.5 Å². The molecule has 0 unspecified atom stereocenters. The molecule has 1 amide bonds.